The molecule has 0 N–H and O–H groups in total. The number of rotatable bonds is 3. The van der Waals surface area contributed by atoms with Crippen molar-refractivity contribution in [3.8, 4) is 22.5 Å². The minimum absolute atomic E-state index is 0. The van der Waals surface area contributed by atoms with E-state index in [4.69, 9.17) is 12.6 Å². The Bertz CT molecular complexity index is 2630. The first-order valence-electron chi connectivity index (χ1n) is 19.5. The van der Waals surface area contributed by atoms with Crippen LogP contribution in [0.4, 0.5) is 0 Å². The van der Waals surface area contributed by atoms with E-state index in [1.807, 2.05) is 42.5 Å². The van der Waals surface area contributed by atoms with Crippen molar-refractivity contribution in [2.45, 2.75) is 51.7 Å². The molecule has 0 saturated heterocycles. The fourth-order valence-corrected chi connectivity index (χ4v) is 6.67. The van der Waals surface area contributed by atoms with Crippen molar-refractivity contribution in [3.63, 3.8) is 0 Å². The number of hydrogen-bond acceptors (Lipinski definition) is 3. The maximum Gasteiger partial charge on any atom is 0.121 e. The summed E-state index contributed by atoms with van der Waals surface area (Å²) in [4.78, 5) is 8.75. The van der Waals surface area contributed by atoms with Gasteiger partial charge in [0.25, 0.3) is 0 Å². The van der Waals surface area contributed by atoms with Crippen molar-refractivity contribution in [2.24, 2.45) is 0 Å². The molecule has 0 aliphatic heterocycles. The molecular weight excluding hydrogens is 765 g/mol. The predicted molar refractivity (Wildman–Crippen MR) is 195 cm³/mol. The van der Waals surface area contributed by atoms with Crippen LogP contribution in [0.1, 0.15) is 64.3 Å². The van der Waals surface area contributed by atoms with Gasteiger partial charge in [-0.15, -0.1) is 53.6 Å². The van der Waals surface area contributed by atoms with E-state index in [1.54, 1.807) is 18.3 Å². The first-order valence-corrected chi connectivity index (χ1v) is 16.0. The number of fused-ring (bicyclic) bond motifs is 6. The van der Waals surface area contributed by atoms with E-state index in [0.29, 0.717) is 40.8 Å². The SMILES string of the molecule is [2H]C([2H])([2H])c1c[c-]c(-c2ccccn2)cc1.[2H]C([2H])([2H])c1cnc(-c2[c-]ccc3c2oc2cc4c(ccc5ccccc54)cc23)cc1C1([2H])CCCCC1.[Ir]. The van der Waals surface area contributed by atoms with Gasteiger partial charge in [0.15, 0.2) is 0 Å². The van der Waals surface area contributed by atoms with Crippen LogP contribution < -0.4 is 0 Å². The summed E-state index contributed by atoms with van der Waals surface area (Å²) in [6.07, 6.45) is 7.37. The summed E-state index contributed by atoms with van der Waals surface area (Å²) in [5.41, 5.74) is 5.35. The number of nitrogens with zero attached hydrogens (tertiary/aromatic N) is 2. The smallest absolute Gasteiger partial charge is 0.121 e. The summed E-state index contributed by atoms with van der Waals surface area (Å²) >= 11 is 0. The first-order chi connectivity index (χ1) is 25.9. The zero-order chi connectivity index (χ0) is 37.7. The Morgan fingerprint density at radius 1 is 0.750 bits per heavy atom. The monoisotopic (exact) mass is 808 g/mol. The fourth-order valence-electron chi connectivity index (χ4n) is 6.67. The summed E-state index contributed by atoms with van der Waals surface area (Å²) < 4.78 is 61.8. The van der Waals surface area contributed by atoms with Crippen molar-refractivity contribution < 1.29 is 34.1 Å². The number of aryl methyl sites for hydroxylation is 2. The van der Waals surface area contributed by atoms with Crippen LogP contribution in [0, 0.1) is 25.8 Å². The summed E-state index contributed by atoms with van der Waals surface area (Å²) in [6, 6.07) is 39.2. The number of aromatic nitrogens is 2. The molecule has 1 aliphatic rings. The van der Waals surface area contributed by atoms with E-state index < -0.39 is 19.6 Å². The molecule has 4 heteroatoms. The summed E-state index contributed by atoms with van der Waals surface area (Å²) in [7, 11) is 0. The van der Waals surface area contributed by atoms with Crippen LogP contribution in [0.25, 0.3) is 66.0 Å². The standard InChI is InChI=1S/C32H26NO.C12H10N.Ir/c1-20-19-33-30(17-27(20)21-8-3-2-4-9-21)26-13-7-12-25-29-16-23-15-14-22-10-5-6-11-24(22)28(23)18-31(29)34-32(25)26;1-10-5-7-11(8-6-10)12-4-2-3-9-13-12;/h5-7,10-12,14-19,21H,2-4,8-9H2,1H3;2-7,9H,1H3;/q2*-1;/i1D3,21D;1D3;. The Balaban J connectivity index is 0.000000231. The predicted octanol–water partition coefficient (Wildman–Crippen LogP) is 12.0. The van der Waals surface area contributed by atoms with Crippen LogP contribution in [0.5, 0.6) is 0 Å². The van der Waals surface area contributed by atoms with Crippen LogP contribution in [0.15, 0.2) is 120 Å². The van der Waals surface area contributed by atoms with Crippen molar-refractivity contribution in [3.05, 3.63) is 144 Å². The molecular formula is C44H36IrN2O-2. The Hall–Kier alpha value is -4.63. The molecule has 3 nitrogen and oxygen atoms in total. The van der Waals surface area contributed by atoms with Crippen molar-refractivity contribution in [1.29, 1.82) is 0 Å². The second kappa shape index (κ2) is 13.8. The van der Waals surface area contributed by atoms with E-state index in [1.165, 1.54) is 23.0 Å². The van der Waals surface area contributed by atoms with Gasteiger partial charge in [0.1, 0.15) is 5.58 Å². The number of benzene rings is 5. The first kappa shape index (κ1) is 24.5. The van der Waals surface area contributed by atoms with E-state index in [0.717, 1.165) is 57.6 Å². The molecule has 3 aromatic heterocycles. The summed E-state index contributed by atoms with van der Waals surface area (Å²) in [5, 5.41) is 6.62. The molecule has 1 radical (unpaired) electrons. The van der Waals surface area contributed by atoms with Crippen LogP contribution >= 0.6 is 0 Å². The number of furan rings is 1. The third kappa shape index (κ3) is 6.19. The van der Waals surface area contributed by atoms with Gasteiger partial charge in [0, 0.05) is 47.5 Å². The quantitative estimate of drug-likeness (QED) is 0.132. The molecule has 0 amide bonds. The minimum Gasteiger partial charge on any atom is -0.501 e. The van der Waals surface area contributed by atoms with Gasteiger partial charge < -0.3 is 14.4 Å². The van der Waals surface area contributed by atoms with Gasteiger partial charge in [0.2, 0.25) is 0 Å². The molecule has 5 aromatic carbocycles. The third-order valence-electron chi connectivity index (χ3n) is 9.05. The van der Waals surface area contributed by atoms with E-state index in [2.05, 4.69) is 64.6 Å². The Kier molecular flexibility index (Phi) is 7.07. The van der Waals surface area contributed by atoms with E-state index in [9.17, 15) is 1.37 Å². The van der Waals surface area contributed by atoms with Gasteiger partial charge in [-0.3, -0.25) is 0 Å². The molecule has 9 rings (SSSR count). The molecule has 0 spiro atoms. The normalized spacial score (nSPS) is 16.7. The molecule has 0 atom stereocenters. The van der Waals surface area contributed by atoms with Gasteiger partial charge in [-0.2, -0.15) is 0 Å². The zero-order valence-corrected chi connectivity index (χ0v) is 28.5. The molecule has 1 saturated carbocycles. The van der Waals surface area contributed by atoms with Crippen LogP contribution in [0.3, 0.4) is 0 Å². The van der Waals surface area contributed by atoms with Gasteiger partial charge >= 0.3 is 0 Å². The Morgan fingerprint density at radius 3 is 2.44 bits per heavy atom. The second-order valence-electron chi connectivity index (χ2n) is 12.0. The minimum atomic E-state index is -2.33. The molecule has 1 aliphatic carbocycles. The van der Waals surface area contributed by atoms with Gasteiger partial charge in [0.05, 0.1) is 5.58 Å². The van der Waals surface area contributed by atoms with Gasteiger partial charge in [-0.1, -0.05) is 91.7 Å². The maximum absolute atomic E-state index is 9.23. The molecule has 8 aromatic rings. The Labute approximate surface area is 305 Å². The topological polar surface area (TPSA) is 38.9 Å². The summed E-state index contributed by atoms with van der Waals surface area (Å²) in [6.45, 7) is -4.40. The molecule has 48 heavy (non-hydrogen) atoms. The van der Waals surface area contributed by atoms with Crippen molar-refractivity contribution in [2.75, 3.05) is 0 Å². The second-order valence-corrected chi connectivity index (χ2v) is 12.0. The zero-order valence-electron chi connectivity index (χ0n) is 33.1. The molecule has 0 unspecified atom stereocenters. The average molecular weight is 808 g/mol. The molecule has 3 heterocycles. The number of pyridine rings is 2. The van der Waals surface area contributed by atoms with Crippen LogP contribution in [0.2, 0.25) is 0 Å². The van der Waals surface area contributed by atoms with Gasteiger partial charge in [-0.25, -0.2) is 0 Å². The van der Waals surface area contributed by atoms with Gasteiger partial charge in [-0.05, 0) is 87.8 Å². The largest absolute Gasteiger partial charge is 0.501 e. The average Bonchev–Trinajstić information content (AvgIpc) is 3.55. The Morgan fingerprint density at radius 2 is 1.62 bits per heavy atom. The molecule has 0 bridgehead atoms. The fraction of sp³-hybridized carbons (Fsp3) is 0.182. The molecule has 1 fully saturated rings. The van der Waals surface area contributed by atoms with Crippen molar-refractivity contribution >= 4 is 43.5 Å². The van der Waals surface area contributed by atoms with E-state index in [-0.39, 0.29) is 25.7 Å². The van der Waals surface area contributed by atoms with Crippen LogP contribution in [-0.4, -0.2) is 9.97 Å². The van der Waals surface area contributed by atoms with Crippen LogP contribution in [-0.2, 0) is 20.1 Å². The maximum atomic E-state index is 9.23. The molecule has 239 valence electrons. The third-order valence-corrected chi connectivity index (χ3v) is 9.05. The number of hydrogen-bond donors (Lipinski definition) is 0. The van der Waals surface area contributed by atoms with E-state index >= 15 is 0 Å². The summed E-state index contributed by atoms with van der Waals surface area (Å²) in [5.74, 6) is -0.930. The van der Waals surface area contributed by atoms with Crippen molar-refractivity contribution in [1.82, 2.24) is 9.97 Å².